The van der Waals surface area contributed by atoms with E-state index < -0.39 is 0 Å². The van der Waals surface area contributed by atoms with Crippen molar-refractivity contribution < 1.29 is 14.3 Å². The number of amides is 3. The maximum Gasteiger partial charge on any atom is 0.320 e. The monoisotopic (exact) mass is 414 g/mol. The van der Waals surface area contributed by atoms with E-state index in [1.54, 1.807) is 12.0 Å². The lowest BCUT2D eigenvalue weighted by Gasteiger charge is -2.38. The maximum atomic E-state index is 12.9. The summed E-state index contributed by atoms with van der Waals surface area (Å²) in [6.07, 6.45) is 3.38. The average Bonchev–Trinajstić information content (AvgIpc) is 3.29. The van der Waals surface area contributed by atoms with Gasteiger partial charge in [-0.1, -0.05) is 0 Å². The van der Waals surface area contributed by atoms with Crippen LogP contribution in [0.5, 0.6) is 5.75 Å². The molecule has 0 unspecified atom stereocenters. The number of carbonyl (C=O) groups is 2. The van der Waals surface area contributed by atoms with Gasteiger partial charge in [-0.3, -0.25) is 4.79 Å². The van der Waals surface area contributed by atoms with Crippen molar-refractivity contribution in [3.8, 4) is 16.3 Å². The zero-order valence-corrected chi connectivity index (χ0v) is 17.5. The van der Waals surface area contributed by atoms with Crippen molar-refractivity contribution in [2.75, 3.05) is 46.4 Å². The number of urea groups is 1. The van der Waals surface area contributed by atoms with Gasteiger partial charge in [0.05, 0.1) is 7.11 Å². The Morgan fingerprint density at radius 3 is 2.17 bits per heavy atom. The molecular weight excluding hydrogens is 388 g/mol. The highest BCUT2D eigenvalue weighted by molar-refractivity contribution is 7.13. The van der Waals surface area contributed by atoms with Crippen LogP contribution in [-0.2, 0) is 0 Å². The maximum absolute atomic E-state index is 12.9. The molecule has 0 saturated carbocycles. The van der Waals surface area contributed by atoms with E-state index in [1.807, 2.05) is 39.4 Å². The van der Waals surface area contributed by atoms with Crippen molar-refractivity contribution in [3.63, 3.8) is 0 Å². The summed E-state index contributed by atoms with van der Waals surface area (Å²) in [7, 11) is 1.63. The summed E-state index contributed by atoms with van der Waals surface area (Å²) in [5.41, 5.74) is 1.43. The molecule has 2 aliphatic rings. The van der Waals surface area contributed by atoms with Gasteiger partial charge >= 0.3 is 6.03 Å². The van der Waals surface area contributed by atoms with Gasteiger partial charge in [0.25, 0.3) is 5.91 Å². The fourth-order valence-electron chi connectivity index (χ4n) is 3.79. The standard InChI is InChI=1S/C21H26N4O3S/c1-28-17-7-5-16(6-8-17)19-22-18(15-29-19)20(26)23-11-13-25(14-12-23)21(27)24-9-3-2-4-10-24/h5-8,15H,2-4,9-14H2,1H3. The molecule has 3 amide bonds. The molecule has 4 rings (SSSR count). The number of carbonyl (C=O) groups excluding carboxylic acids is 2. The lowest BCUT2D eigenvalue weighted by molar-refractivity contribution is 0.0628. The highest BCUT2D eigenvalue weighted by Crippen LogP contribution is 2.26. The molecule has 0 atom stereocenters. The Hall–Kier alpha value is -2.61. The molecule has 3 heterocycles. The zero-order chi connectivity index (χ0) is 20.2. The van der Waals surface area contributed by atoms with E-state index in [0.717, 1.165) is 42.3 Å². The SMILES string of the molecule is COc1ccc(-c2nc(C(=O)N3CCN(C(=O)N4CCCCC4)CC3)cs2)cc1. The number of piperidine rings is 1. The fraction of sp³-hybridized carbons (Fsp3) is 0.476. The Morgan fingerprint density at radius 2 is 1.52 bits per heavy atom. The second-order valence-electron chi connectivity index (χ2n) is 7.38. The third-order valence-corrected chi connectivity index (χ3v) is 6.42. The molecule has 0 aliphatic carbocycles. The summed E-state index contributed by atoms with van der Waals surface area (Å²) in [6.45, 7) is 3.96. The van der Waals surface area contributed by atoms with Crippen LogP contribution in [0, 0.1) is 0 Å². The number of benzene rings is 1. The molecule has 0 bridgehead atoms. The van der Waals surface area contributed by atoms with Gasteiger partial charge in [0.2, 0.25) is 0 Å². The molecule has 1 aromatic heterocycles. The summed E-state index contributed by atoms with van der Waals surface area (Å²) in [5, 5.41) is 2.63. The molecular formula is C21H26N4O3S. The second kappa shape index (κ2) is 8.82. The third-order valence-electron chi connectivity index (χ3n) is 5.52. The molecule has 0 spiro atoms. The van der Waals surface area contributed by atoms with Crippen LogP contribution in [0.15, 0.2) is 29.6 Å². The molecule has 2 saturated heterocycles. The van der Waals surface area contributed by atoms with Gasteiger partial charge in [-0.05, 0) is 43.5 Å². The molecule has 0 N–H and O–H groups in total. The lowest BCUT2D eigenvalue weighted by Crippen LogP contribution is -2.54. The van der Waals surface area contributed by atoms with Crippen molar-refractivity contribution >= 4 is 23.3 Å². The summed E-state index contributed by atoms with van der Waals surface area (Å²) >= 11 is 1.46. The summed E-state index contributed by atoms with van der Waals surface area (Å²) in [6, 6.07) is 7.77. The predicted molar refractivity (Wildman–Crippen MR) is 112 cm³/mol. The number of hydrogen-bond donors (Lipinski definition) is 0. The van der Waals surface area contributed by atoms with Gasteiger partial charge in [0, 0.05) is 50.2 Å². The molecule has 154 valence electrons. The highest BCUT2D eigenvalue weighted by atomic mass is 32.1. The molecule has 2 aromatic rings. The van der Waals surface area contributed by atoms with Gasteiger partial charge in [-0.25, -0.2) is 9.78 Å². The largest absolute Gasteiger partial charge is 0.497 e. The van der Waals surface area contributed by atoms with E-state index in [4.69, 9.17) is 4.74 Å². The van der Waals surface area contributed by atoms with E-state index in [-0.39, 0.29) is 11.9 Å². The van der Waals surface area contributed by atoms with Gasteiger partial charge in [-0.2, -0.15) is 0 Å². The van der Waals surface area contributed by atoms with Gasteiger partial charge in [-0.15, -0.1) is 11.3 Å². The Balaban J connectivity index is 1.35. The molecule has 2 aliphatic heterocycles. The first-order chi connectivity index (χ1) is 14.2. The third kappa shape index (κ3) is 4.37. The van der Waals surface area contributed by atoms with Crippen molar-refractivity contribution in [1.29, 1.82) is 0 Å². The Bertz CT molecular complexity index is 853. The van der Waals surface area contributed by atoms with E-state index in [1.165, 1.54) is 17.8 Å². The summed E-state index contributed by atoms with van der Waals surface area (Å²) in [5.74, 6) is 0.727. The minimum absolute atomic E-state index is 0.0638. The quantitative estimate of drug-likeness (QED) is 0.774. The average molecular weight is 415 g/mol. The smallest absolute Gasteiger partial charge is 0.320 e. The Morgan fingerprint density at radius 1 is 0.897 bits per heavy atom. The van der Waals surface area contributed by atoms with Crippen LogP contribution in [0.3, 0.4) is 0 Å². The molecule has 0 radical (unpaired) electrons. The first-order valence-electron chi connectivity index (χ1n) is 10.1. The topological polar surface area (TPSA) is 66.0 Å². The second-order valence-corrected chi connectivity index (χ2v) is 8.23. The molecule has 2 fully saturated rings. The van der Waals surface area contributed by atoms with Crippen LogP contribution in [0.2, 0.25) is 0 Å². The zero-order valence-electron chi connectivity index (χ0n) is 16.7. The van der Waals surface area contributed by atoms with E-state index >= 15 is 0 Å². The highest BCUT2D eigenvalue weighted by Gasteiger charge is 2.29. The normalized spacial score (nSPS) is 17.3. The minimum atomic E-state index is -0.0638. The summed E-state index contributed by atoms with van der Waals surface area (Å²) in [4.78, 5) is 35.6. The number of ether oxygens (including phenoxy) is 1. The first kappa shape index (κ1) is 19.7. The molecule has 7 nitrogen and oxygen atoms in total. The van der Waals surface area contributed by atoms with Crippen molar-refractivity contribution in [1.82, 2.24) is 19.7 Å². The first-order valence-corrected chi connectivity index (χ1v) is 11.0. The number of aromatic nitrogens is 1. The lowest BCUT2D eigenvalue weighted by atomic mass is 10.1. The number of nitrogens with zero attached hydrogens (tertiary/aromatic N) is 4. The number of likely N-dealkylation sites (tertiary alicyclic amines) is 1. The molecule has 29 heavy (non-hydrogen) atoms. The van der Waals surface area contributed by atoms with Crippen molar-refractivity contribution in [2.24, 2.45) is 0 Å². The van der Waals surface area contributed by atoms with Gasteiger partial charge < -0.3 is 19.4 Å². The van der Waals surface area contributed by atoms with Crippen molar-refractivity contribution in [3.05, 3.63) is 35.3 Å². The van der Waals surface area contributed by atoms with Crippen LogP contribution in [0.1, 0.15) is 29.8 Å². The van der Waals surface area contributed by atoms with Crippen molar-refractivity contribution in [2.45, 2.75) is 19.3 Å². The fourth-order valence-corrected chi connectivity index (χ4v) is 4.59. The van der Waals surface area contributed by atoms with E-state index in [0.29, 0.717) is 31.9 Å². The van der Waals surface area contributed by atoms with Gasteiger partial charge in [0.15, 0.2) is 0 Å². The molecule has 1 aromatic carbocycles. The minimum Gasteiger partial charge on any atom is -0.497 e. The van der Waals surface area contributed by atoms with Crippen LogP contribution in [-0.4, -0.2) is 78.0 Å². The van der Waals surface area contributed by atoms with Crippen LogP contribution in [0.4, 0.5) is 4.79 Å². The van der Waals surface area contributed by atoms with E-state index in [9.17, 15) is 9.59 Å². The number of hydrogen-bond acceptors (Lipinski definition) is 5. The molecule has 8 heteroatoms. The number of rotatable bonds is 3. The van der Waals surface area contributed by atoms with Crippen LogP contribution in [0.25, 0.3) is 10.6 Å². The van der Waals surface area contributed by atoms with Crippen LogP contribution >= 0.6 is 11.3 Å². The number of piperazine rings is 1. The number of methoxy groups -OCH3 is 1. The van der Waals surface area contributed by atoms with Gasteiger partial charge in [0.1, 0.15) is 16.5 Å². The Labute approximate surface area is 174 Å². The van der Waals surface area contributed by atoms with E-state index in [2.05, 4.69) is 4.98 Å². The summed E-state index contributed by atoms with van der Waals surface area (Å²) < 4.78 is 5.18. The Kier molecular flexibility index (Phi) is 5.99. The predicted octanol–water partition coefficient (Wildman–Crippen LogP) is 3.18. The van der Waals surface area contributed by atoms with Crippen LogP contribution < -0.4 is 4.74 Å². The number of thiazole rings is 1.